The highest BCUT2D eigenvalue weighted by Crippen LogP contribution is 2.32. The minimum absolute atomic E-state index is 0.0255. The van der Waals surface area contributed by atoms with E-state index >= 15 is 0 Å². The lowest BCUT2D eigenvalue weighted by Crippen LogP contribution is -2.44. The number of carbonyl (C=O) groups is 1. The fraction of sp³-hybridized carbons (Fsp3) is 0.762. The van der Waals surface area contributed by atoms with Gasteiger partial charge in [-0.05, 0) is 39.8 Å². The van der Waals surface area contributed by atoms with E-state index in [4.69, 9.17) is 10.5 Å². The maximum absolute atomic E-state index is 12.5. The van der Waals surface area contributed by atoms with Crippen LogP contribution in [0.15, 0.2) is 0 Å². The van der Waals surface area contributed by atoms with Gasteiger partial charge in [0.2, 0.25) is 5.91 Å². The molecule has 3 rings (SSSR count). The third-order valence-corrected chi connectivity index (χ3v) is 5.84. The Hall–Kier alpha value is -1.93. The summed E-state index contributed by atoms with van der Waals surface area (Å²) >= 11 is 0. The van der Waals surface area contributed by atoms with Crippen LogP contribution in [0.4, 0.5) is 11.6 Å². The lowest BCUT2D eigenvalue weighted by molar-refractivity contribution is -0.117. The summed E-state index contributed by atoms with van der Waals surface area (Å²) in [7, 11) is 2.18. The first kappa shape index (κ1) is 21.8. The third-order valence-electron chi connectivity index (χ3n) is 5.84. The number of nitrogens with zero attached hydrogens (tertiary/aromatic N) is 5. The first-order chi connectivity index (χ1) is 14.0. The molecular weight excluding hydrogens is 368 g/mol. The van der Waals surface area contributed by atoms with Gasteiger partial charge in [0.25, 0.3) is 0 Å². The van der Waals surface area contributed by atoms with Crippen LogP contribution in [-0.4, -0.2) is 78.1 Å². The van der Waals surface area contributed by atoms with E-state index in [0.29, 0.717) is 18.2 Å². The SMILES string of the molecule is CCC[C@H](C)Oc1nc(N)c2c(n1)N(CCCCCN1CCN(C)CC1)C(=O)C2. The molecule has 0 aromatic carbocycles. The lowest BCUT2D eigenvalue weighted by atomic mass is 10.2. The van der Waals surface area contributed by atoms with Crippen LogP contribution in [0.3, 0.4) is 0 Å². The van der Waals surface area contributed by atoms with Crippen LogP contribution in [0.5, 0.6) is 6.01 Å². The van der Waals surface area contributed by atoms with Gasteiger partial charge in [0, 0.05) is 38.3 Å². The molecule has 2 aliphatic heterocycles. The van der Waals surface area contributed by atoms with Crippen molar-refractivity contribution in [1.29, 1.82) is 0 Å². The van der Waals surface area contributed by atoms with Gasteiger partial charge >= 0.3 is 6.01 Å². The summed E-state index contributed by atoms with van der Waals surface area (Å²) in [6, 6.07) is 0.275. The Labute approximate surface area is 174 Å². The number of amides is 1. The second kappa shape index (κ2) is 10.2. The number of ether oxygens (including phenoxy) is 1. The van der Waals surface area contributed by atoms with Crippen molar-refractivity contribution in [3.8, 4) is 6.01 Å². The zero-order chi connectivity index (χ0) is 20.8. The zero-order valence-electron chi connectivity index (χ0n) is 18.2. The van der Waals surface area contributed by atoms with Gasteiger partial charge in [-0.25, -0.2) is 0 Å². The monoisotopic (exact) mass is 404 g/mol. The Kier molecular flexibility index (Phi) is 7.66. The average molecular weight is 405 g/mol. The van der Waals surface area contributed by atoms with E-state index in [2.05, 4.69) is 33.7 Å². The van der Waals surface area contributed by atoms with E-state index in [0.717, 1.165) is 70.4 Å². The third kappa shape index (κ3) is 5.79. The van der Waals surface area contributed by atoms with Crippen LogP contribution < -0.4 is 15.4 Å². The molecule has 1 fully saturated rings. The molecule has 0 bridgehead atoms. The second-order valence-corrected chi connectivity index (χ2v) is 8.34. The van der Waals surface area contributed by atoms with Crippen LogP contribution in [0.1, 0.15) is 51.5 Å². The summed E-state index contributed by atoms with van der Waals surface area (Å²) in [5, 5.41) is 0. The number of hydrogen-bond acceptors (Lipinski definition) is 7. The van der Waals surface area contributed by atoms with Crippen molar-refractivity contribution < 1.29 is 9.53 Å². The van der Waals surface area contributed by atoms with Gasteiger partial charge in [-0.15, -0.1) is 0 Å². The molecule has 1 aromatic heterocycles. The van der Waals surface area contributed by atoms with Gasteiger partial charge in [-0.3, -0.25) is 9.69 Å². The summed E-state index contributed by atoms with van der Waals surface area (Å²) < 4.78 is 5.81. The molecule has 1 atom stereocenters. The van der Waals surface area contributed by atoms with Crippen molar-refractivity contribution in [3.05, 3.63) is 5.56 Å². The number of nitrogen functional groups attached to an aromatic ring is 1. The second-order valence-electron chi connectivity index (χ2n) is 8.34. The van der Waals surface area contributed by atoms with Crippen LogP contribution >= 0.6 is 0 Å². The standard InChI is InChI=1S/C21H36N6O2/c1-4-8-16(2)29-21-23-19(22)17-15-18(28)27(20(17)24-21)10-7-5-6-9-26-13-11-25(3)12-14-26/h16H,4-15H2,1-3H3,(H2,22,23,24)/t16-/m0/s1. The quantitative estimate of drug-likeness (QED) is 0.596. The molecule has 0 radical (unpaired) electrons. The molecule has 0 saturated carbocycles. The molecule has 1 amide bonds. The Morgan fingerprint density at radius 1 is 1.10 bits per heavy atom. The predicted octanol–water partition coefficient (Wildman–Crippen LogP) is 1.93. The van der Waals surface area contributed by atoms with Crippen LogP contribution in [0, 0.1) is 0 Å². The Morgan fingerprint density at radius 3 is 2.55 bits per heavy atom. The Bertz CT molecular complexity index is 690. The smallest absolute Gasteiger partial charge is 0.320 e. The molecule has 0 unspecified atom stereocenters. The highest BCUT2D eigenvalue weighted by molar-refractivity contribution is 6.01. The number of aromatic nitrogens is 2. The van der Waals surface area contributed by atoms with Crippen molar-refractivity contribution in [2.75, 3.05) is 56.9 Å². The first-order valence-electron chi connectivity index (χ1n) is 11.0. The van der Waals surface area contributed by atoms with Crippen molar-refractivity contribution in [1.82, 2.24) is 19.8 Å². The van der Waals surface area contributed by atoms with E-state index < -0.39 is 0 Å². The number of fused-ring (bicyclic) bond motifs is 1. The number of anilines is 2. The normalized spacial score (nSPS) is 18.9. The summed E-state index contributed by atoms with van der Waals surface area (Å²) in [5.41, 5.74) is 6.84. The zero-order valence-corrected chi connectivity index (χ0v) is 18.2. The van der Waals surface area contributed by atoms with Crippen molar-refractivity contribution in [2.45, 2.75) is 58.5 Å². The number of unbranched alkanes of at least 4 members (excludes halogenated alkanes) is 2. The molecule has 2 aliphatic rings. The number of piperazine rings is 1. The van der Waals surface area contributed by atoms with E-state index in [1.165, 1.54) is 0 Å². The highest BCUT2D eigenvalue weighted by Gasteiger charge is 2.32. The molecule has 3 heterocycles. The molecule has 162 valence electrons. The van der Waals surface area contributed by atoms with Crippen LogP contribution in [0.25, 0.3) is 0 Å². The van der Waals surface area contributed by atoms with E-state index in [1.807, 2.05) is 6.92 Å². The topological polar surface area (TPSA) is 87.8 Å². The number of likely N-dealkylation sites (N-methyl/N-ethyl adjacent to an activating group) is 1. The lowest BCUT2D eigenvalue weighted by Gasteiger charge is -2.32. The molecule has 0 spiro atoms. The highest BCUT2D eigenvalue weighted by atomic mass is 16.5. The molecule has 8 heteroatoms. The van der Waals surface area contributed by atoms with Gasteiger partial charge in [-0.1, -0.05) is 19.8 Å². The van der Waals surface area contributed by atoms with Gasteiger partial charge in [-0.2, -0.15) is 9.97 Å². The van der Waals surface area contributed by atoms with E-state index in [-0.39, 0.29) is 24.4 Å². The summed E-state index contributed by atoms with van der Waals surface area (Å²) in [5.74, 6) is 1.05. The number of hydrogen-bond donors (Lipinski definition) is 1. The van der Waals surface area contributed by atoms with Gasteiger partial charge < -0.3 is 20.3 Å². The summed E-state index contributed by atoms with van der Waals surface area (Å²) in [4.78, 5) is 28.0. The minimum atomic E-state index is 0.0255. The van der Waals surface area contributed by atoms with Gasteiger partial charge in [0.05, 0.1) is 12.5 Å². The van der Waals surface area contributed by atoms with Gasteiger partial charge in [0.15, 0.2) is 0 Å². The molecule has 1 saturated heterocycles. The number of nitrogens with two attached hydrogens (primary N) is 1. The fourth-order valence-corrected chi connectivity index (χ4v) is 4.01. The van der Waals surface area contributed by atoms with E-state index in [1.54, 1.807) is 4.90 Å². The molecule has 29 heavy (non-hydrogen) atoms. The van der Waals surface area contributed by atoms with E-state index in [9.17, 15) is 4.79 Å². The average Bonchev–Trinajstić information content (AvgIpc) is 2.99. The molecule has 8 nitrogen and oxygen atoms in total. The van der Waals surface area contributed by atoms with Crippen LogP contribution in [-0.2, 0) is 11.2 Å². The first-order valence-corrected chi connectivity index (χ1v) is 11.0. The number of rotatable bonds is 10. The predicted molar refractivity (Wildman–Crippen MR) is 115 cm³/mol. The van der Waals surface area contributed by atoms with Crippen molar-refractivity contribution in [2.24, 2.45) is 0 Å². The van der Waals surface area contributed by atoms with Crippen molar-refractivity contribution >= 4 is 17.5 Å². The summed E-state index contributed by atoms with van der Waals surface area (Å²) in [6.45, 7) is 10.5. The van der Waals surface area contributed by atoms with Gasteiger partial charge in [0.1, 0.15) is 11.6 Å². The maximum atomic E-state index is 12.5. The van der Waals surface area contributed by atoms with Crippen LogP contribution in [0.2, 0.25) is 0 Å². The Morgan fingerprint density at radius 2 is 1.83 bits per heavy atom. The molecule has 0 aliphatic carbocycles. The Balaban J connectivity index is 1.50. The molecular formula is C21H36N6O2. The minimum Gasteiger partial charge on any atom is -0.460 e. The fourth-order valence-electron chi connectivity index (χ4n) is 4.01. The summed E-state index contributed by atoms with van der Waals surface area (Å²) in [6.07, 6.45) is 5.49. The largest absolute Gasteiger partial charge is 0.460 e. The number of carbonyl (C=O) groups excluding carboxylic acids is 1. The maximum Gasteiger partial charge on any atom is 0.320 e. The van der Waals surface area contributed by atoms with Crippen molar-refractivity contribution in [3.63, 3.8) is 0 Å². The molecule has 1 aromatic rings. The molecule has 2 N–H and O–H groups in total.